The van der Waals surface area contributed by atoms with Crippen molar-refractivity contribution >= 4 is 17.4 Å². The van der Waals surface area contributed by atoms with Crippen LogP contribution in [0.2, 0.25) is 0 Å². The number of carbonyl (C=O) groups excluding carboxylic acids is 1. The summed E-state index contributed by atoms with van der Waals surface area (Å²) in [5.41, 5.74) is 1.93. The normalized spacial score (nSPS) is 14.3. The summed E-state index contributed by atoms with van der Waals surface area (Å²) in [5, 5.41) is 6.11. The molecule has 0 saturated carbocycles. The second kappa shape index (κ2) is 5.91. The van der Waals surface area contributed by atoms with Gasteiger partial charge in [-0.2, -0.15) is 0 Å². The molecule has 110 valence electrons. The summed E-state index contributed by atoms with van der Waals surface area (Å²) in [5.74, 6) is 1.93. The van der Waals surface area contributed by atoms with Crippen LogP contribution in [0.25, 0.3) is 0 Å². The van der Waals surface area contributed by atoms with Crippen LogP contribution in [0.15, 0.2) is 40.8 Å². The highest BCUT2D eigenvalue weighted by molar-refractivity contribution is 5.94. The molecule has 21 heavy (non-hydrogen) atoms. The van der Waals surface area contributed by atoms with E-state index in [1.54, 1.807) is 4.90 Å². The quantitative estimate of drug-likeness (QED) is 0.888. The van der Waals surface area contributed by atoms with Gasteiger partial charge in [-0.15, -0.1) is 0 Å². The van der Waals surface area contributed by atoms with E-state index in [4.69, 9.17) is 4.42 Å². The van der Waals surface area contributed by atoms with E-state index in [9.17, 15) is 4.79 Å². The Balaban J connectivity index is 1.60. The second-order valence-corrected chi connectivity index (χ2v) is 5.01. The predicted octanol–water partition coefficient (Wildman–Crippen LogP) is 2.98. The Labute approximate surface area is 123 Å². The molecule has 5 nitrogen and oxygen atoms in total. The molecule has 0 atom stereocenters. The Morgan fingerprint density at radius 3 is 2.57 bits per heavy atom. The van der Waals surface area contributed by atoms with Crippen LogP contribution >= 0.6 is 0 Å². The summed E-state index contributed by atoms with van der Waals surface area (Å²) in [6, 6.07) is 11.8. The third-order valence-electron chi connectivity index (χ3n) is 3.57. The number of hydrogen-bond donors (Lipinski definition) is 2. The zero-order valence-electron chi connectivity index (χ0n) is 12.1. The smallest absolute Gasteiger partial charge is 0.321 e. The Morgan fingerprint density at radius 2 is 1.95 bits per heavy atom. The van der Waals surface area contributed by atoms with Gasteiger partial charge in [-0.1, -0.05) is 6.92 Å². The largest absolute Gasteiger partial charge is 0.464 e. The summed E-state index contributed by atoms with van der Waals surface area (Å²) in [7, 11) is 0. The third-order valence-corrected chi connectivity index (χ3v) is 3.57. The van der Waals surface area contributed by atoms with Crippen molar-refractivity contribution in [3.8, 4) is 0 Å². The first kappa shape index (κ1) is 13.5. The van der Waals surface area contributed by atoms with Gasteiger partial charge in [-0.25, -0.2) is 4.79 Å². The third kappa shape index (κ3) is 3.02. The van der Waals surface area contributed by atoms with Crippen LogP contribution in [0.3, 0.4) is 0 Å². The average Bonchev–Trinajstić information content (AvgIpc) is 3.14. The van der Waals surface area contributed by atoms with E-state index in [1.807, 2.05) is 36.4 Å². The zero-order chi connectivity index (χ0) is 14.7. The molecule has 2 N–H and O–H groups in total. The SMILES string of the molecule is CCc1ccc(CNc2ccc(N3CCNC3=O)cc2)o1. The van der Waals surface area contributed by atoms with E-state index in [1.165, 1.54) is 0 Å². The van der Waals surface area contributed by atoms with Crippen LogP contribution in [0, 0.1) is 0 Å². The number of aryl methyl sites for hydroxylation is 1. The number of furan rings is 1. The Bertz CT molecular complexity index is 619. The molecular formula is C16H19N3O2. The molecule has 0 aliphatic carbocycles. The fraction of sp³-hybridized carbons (Fsp3) is 0.312. The maximum Gasteiger partial charge on any atom is 0.321 e. The highest BCUT2D eigenvalue weighted by Crippen LogP contribution is 2.20. The van der Waals surface area contributed by atoms with Gasteiger partial charge in [0.05, 0.1) is 6.54 Å². The summed E-state index contributed by atoms with van der Waals surface area (Å²) in [6.07, 6.45) is 0.909. The minimum atomic E-state index is -0.0293. The molecule has 1 aromatic carbocycles. The van der Waals surface area contributed by atoms with Gasteiger partial charge in [0.1, 0.15) is 11.5 Å². The fourth-order valence-electron chi connectivity index (χ4n) is 2.37. The van der Waals surface area contributed by atoms with Gasteiger partial charge in [0, 0.05) is 30.9 Å². The molecule has 1 aliphatic rings. The maximum atomic E-state index is 11.6. The lowest BCUT2D eigenvalue weighted by atomic mass is 10.2. The van der Waals surface area contributed by atoms with Crippen molar-refractivity contribution in [1.82, 2.24) is 5.32 Å². The molecule has 1 aliphatic heterocycles. The number of urea groups is 1. The van der Waals surface area contributed by atoms with Crippen LogP contribution < -0.4 is 15.5 Å². The lowest BCUT2D eigenvalue weighted by molar-refractivity contribution is 0.252. The molecule has 5 heteroatoms. The van der Waals surface area contributed by atoms with Gasteiger partial charge in [0.25, 0.3) is 0 Å². The number of anilines is 2. The number of rotatable bonds is 5. The van der Waals surface area contributed by atoms with Crippen LogP contribution in [0.1, 0.15) is 18.4 Å². The van der Waals surface area contributed by atoms with Gasteiger partial charge in [-0.05, 0) is 36.4 Å². The van der Waals surface area contributed by atoms with Crippen molar-refractivity contribution < 1.29 is 9.21 Å². The molecule has 1 aromatic heterocycles. The van der Waals surface area contributed by atoms with Gasteiger partial charge >= 0.3 is 6.03 Å². The highest BCUT2D eigenvalue weighted by Gasteiger charge is 2.20. The molecule has 2 aromatic rings. The number of nitrogens with one attached hydrogen (secondary N) is 2. The zero-order valence-corrected chi connectivity index (χ0v) is 12.1. The summed E-state index contributed by atoms with van der Waals surface area (Å²) >= 11 is 0. The van der Waals surface area contributed by atoms with Gasteiger partial charge in [0.15, 0.2) is 0 Å². The molecule has 0 bridgehead atoms. The number of hydrogen-bond acceptors (Lipinski definition) is 3. The van der Waals surface area contributed by atoms with E-state index >= 15 is 0 Å². The van der Waals surface area contributed by atoms with E-state index in [-0.39, 0.29) is 6.03 Å². The first-order valence-electron chi connectivity index (χ1n) is 7.23. The standard InChI is InChI=1S/C16H19N3O2/c1-2-14-7-8-15(21-14)11-18-12-3-5-13(6-4-12)19-10-9-17-16(19)20/h3-8,18H,2,9-11H2,1H3,(H,17,20). The lowest BCUT2D eigenvalue weighted by Crippen LogP contribution is -2.27. The monoisotopic (exact) mass is 285 g/mol. The highest BCUT2D eigenvalue weighted by atomic mass is 16.3. The molecule has 0 radical (unpaired) electrons. The molecular weight excluding hydrogens is 266 g/mol. The molecule has 0 spiro atoms. The lowest BCUT2D eigenvalue weighted by Gasteiger charge is -2.14. The van der Waals surface area contributed by atoms with Gasteiger partial charge in [0.2, 0.25) is 0 Å². The Hall–Kier alpha value is -2.43. The first-order chi connectivity index (χ1) is 10.3. The summed E-state index contributed by atoms with van der Waals surface area (Å²) < 4.78 is 5.65. The average molecular weight is 285 g/mol. The number of benzene rings is 1. The van der Waals surface area contributed by atoms with E-state index in [2.05, 4.69) is 17.6 Å². The van der Waals surface area contributed by atoms with E-state index < -0.39 is 0 Å². The van der Waals surface area contributed by atoms with Crippen molar-refractivity contribution in [2.24, 2.45) is 0 Å². The van der Waals surface area contributed by atoms with E-state index in [0.717, 1.165) is 35.9 Å². The summed E-state index contributed by atoms with van der Waals surface area (Å²) in [6.45, 7) is 4.15. The molecule has 1 saturated heterocycles. The van der Waals surface area contributed by atoms with Crippen LogP contribution in [0.5, 0.6) is 0 Å². The van der Waals surface area contributed by atoms with Crippen molar-refractivity contribution in [2.45, 2.75) is 19.9 Å². The van der Waals surface area contributed by atoms with Crippen molar-refractivity contribution in [1.29, 1.82) is 0 Å². The minimum absolute atomic E-state index is 0.0293. The number of amides is 2. The number of carbonyl (C=O) groups is 1. The van der Waals surface area contributed by atoms with Crippen molar-refractivity contribution in [3.05, 3.63) is 47.9 Å². The minimum Gasteiger partial charge on any atom is -0.464 e. The summed E-state index contributed by atoms with van der Waals surface area (Å²) in [4.78, 5) is 13.3. The Kier molecular flexibility index (Phi) is 3.81. The van der Waals surface area contributed by atoms with Gasteiger partial charge < -0.3 is 15.1 Å². The topological polar surface area (TPSA) is 57.5 Å². The fourth-order valence-corrected chi connectivity index (χ4v) is 2.37. The molecule has 1 fully saturated rings. The predicted molar refractivity (Wildman–Crippen MR) is 82.6 cm³/mol. The van der Waals surface area contributed by atoms with E-state index in [0.29, 0.717) is 13.1 Å². The van der Waals surface area contributed by atoms with Crippen LogP contribution in [0.4, 0.5) is 16.2 Å². The van der Waals surface area contributed by atoms with Crippen LogP contribution in [-0.2, 0) is 13.0 Å². The Morgan fingerprint density at radius 1 is 1.19 bits per heavy atom. The van der Waals surface area contributed by atoms with Crippen LogP contribution in [-0.4, -0.2) is 19.1 Å². The molecule has 0 unspecified atom stereocenters. The maximum absolute atomic E-state index is 11.6. The van der Waals surface area contributed by atoms with Crippen molar-refractivity contribution in [2.75, 3.05) is 23.3 Å². The molecule has 2 heterocycles. The molecule has 2 amide bonds. The second-order valence-electron chi connectivity index (χ2n) is 5.01. The van der Waals surface area contributed by atoms with Crippen molar-refractivity contribution in [3.63, 3.8) is 0 Å². The van der Waals surface area contributed by atoms with Gasteiger partial charge in [-0.3, -0.25) is 4.90 Å². The number of nitrogens with zero attached hydrogens (tertiary/aromatic N) is 1. The molecule has 3 rings (SSSR count). The first-order valence-corrected chi connectivity index (χ1v) is 7.23.